The summed E-state index contributed by atoms with van der Waals surface area (Å²) in [5.74, 6) is 2.79. The van der Waals surface area contributed by atoms with Crippen molar-refractivity contribution in [2.45, 2.75) is 40.2 Å². The van der Waals surface area contributed by atoms with Gasteiger partial charge >= 0.3 is 0 Å². The summed E-state index contributed by atoms with van der Waals surface area (Å²) >= 11 is 0. The molecular weight excluding hydrogens is 429 g/mol. The van der Waals surface area contributed by atoms with Gasteiger partial charge in [-0.2, -0.15) is 0 Å². The standard InChI is InChI=1S/C17H33N7.HI/c1-5-16-21-20-14-24(16)11-9-19-17(18-4)23-10-8-15(13-23)12-22(6-2)7-3;/h14-15H,5-13H2,1-4H3,(H,18,19);1H. The fraction of sp³-hybridized carbons (Fsp3) is 0.824. The Balaban J connectivity index is 0.00000312. The van der Waals surface area contributed by atoms with Crippen molar-refractivity contribution < 1.29 is 0 Å². The summed E-state index contributed by atoms with van der Waals surface area (Å²) in [7, 11) is 1.87. The minimum atomic E-state index is 0. The van der Waals surface area contributed by atoms with Crippen LogP contribution in [0.25, 0.3) is 0 Å². The second-order valence-corrected chi connectivity index (χ2v) is 6.35. The van der Waals surface area contributed by atoms with Crippen LogP contribution in [0.5, 0.6) is 0 Å². The third-order valence-electron chi connectivity index (χ3n) is 4.86. The van der Waals surface area contributed by atoms with Crippen molar-refractivity contribution >= 4 is 29.9 Å². The van der Waals surface area contributed by atoms with Crippen molar-refractivity contribution in [1.29, 1.82) is 0 Å². The maximum absolute atomic E-state index is 4.46. The van der Waals surface area contributed by atoms with Gasteiger partial charge in [0.1, 0.15) is 12.2 Å². The van der Waals surface area contributed by atoms with Crippen molar-refractivity contribution in [3.63, 3.8) is 0 Å². The van der Waals surface area contributed by atoms with Crippen molar-refractivity contribution in [2.24, 2.45) is 10.9 Å². The number of guanidine groups is 1. The van der Waals surface area contributed by atoms with Gasteiger partial charge < -0.3 is 19.7 Å². The molecular formula is C17H34IN7. The Kier molecular flexibility index (Phi) is 10.3. The molecule has 1 fully saturated rings. The summed E-state index contributed by atoms with van der Waals surface area (Å²) in [6.45, 7) is 14.0. The van der Waals surface area contributed by atoms with E-state index in [9.17, 15) is 0 Å². The van der Waals surface area contributed by atoms with E-state index in [-0.39, 0.29) is 24.0 Å². The molecule has 0 saturated carbocycles. The highest BCUT2D eigenvalue weighted by Crippen LogP contribution is 2.17. The number of halogens is 1. The molecule has 0 aromatic carbocycles. The van der Waals surface area contributed by atoms with Gasteiger partial charge in [-0.1, -0.05) is 20.8 Å². The molecule has 0 aliphatic carbocycles. The Morgan fingerprint density at radius 2 is 2.12 bits per heavy atom. The molecule has 0 bridgehead atoms. The highest BCUT2D eigenvalue weighted by molar-refractivity contribution is 14.0. The van der Waals surface area contributed by atoms with Crippen molar-refractivity contribution in [3.8, 4) is 0 Å². The maximum Gasteiger partial charge on any atom is 0.193 e. The lowest BCUT2D eigenvalue weighted by Gasteiger charge is -2.24. The zero-order chi connectivity index (χ0) is 17.4. The van der Waals surface area contributed by atoms with Gasteiger partial charge in [0.05, 0.1) is 0 Å². The number of nitrogens with zero attached hydrogens (tertiary/aromatic N) is 6. The van der Waals surface area contributed by atoms with Crippen LogP contribution in [0.2, 0.25) is 0 Å². The number of aromatic nitrogens is 3. The number of rotatable bonds is 8. The molecule has 0 spiro atoms. The lowest BCUT2D eigenvalue weighted by Crippen LogP contribution is -2.42. The maximum atomic E-state index is 4.46. The van der Waals surface area contributed by atoms with Crippen LogP contribution in [-0.2, 0) is 13.0 Å². The molecule has 8 heteroatoms. The van der Waals surface area contributed by atoms with E-state index in [4.69, 9.17) is 0 Å². The number of nitrogens with one attached hydrogen (secondary N) is 1. The molecule has 1 N–H and O–H groups in total. The zero-order valence-corrected chi connectivity index (χ0v) is 18.4. The van der Waals surface area contributed by atoms with Gasteiger partial charge in [-0.3, -0.25) is 4.99 Å². The predicted octanol–water partition coefficient (Wildman–Crippen LogP) is 1.70. The molecule has 7 nitrogen and oxygen atoms in total. The average molecular weight is 463 g/mol. The van der Waals surface area contributed by atoms with Crippen LogP contribution in [0.1, 0.15) is 33.0 Å². The summed E-state index contributed by atoms with van der Waals surface area (Å²) in [4.78, 5) is 9.37. The number of aryl methyl sites for hydroxylation is 1. The van der Waals surface area contributed by atoms with Crippen molar-refractivity contribution in [3.05, 3.63) is 12.2 Å². The predicted molar refractivity (Wildman–Crippen MR) is 114 cm³/mol. The lowest BCUT2D eigenvalue weighted by atomic mass is 10.1. The molecule has 1 saturated heterocycles. The first-order valence-corrected chi connectivity index (χ1v) is 9.26. The number of aliphatic imine (C=N–C) groups is 1. The molecule has 2 heterocycles. The summed E-state index contributed by atoms with van der Waals surface area (Å²) in [5, 5.41) is 11.6. The van der Waals surface area contributed by atoms with E-state index in [0.717, 1.165) is 63.4 Å². The van der Waals surface area contributed by atoms with E-state index in [1.54, 1.807) is 6.33 Å². The van der Waals surface area contributed by atoms with Crippen molar-refractivity contribution in [2.75, 3.05) is 46.3 Å². The van der Waals surface area contributed by atoms with Crippen LogP contribution in [0.3, 0.4) is 0 Å². The molecule has 2 rings (SSSR count). The number of likely N-dealkylation sites (tertiary alicyclic amines) is 1. The third kappa shape index (κ3) is 6.40. The summed E-state index contributed by atoms with van der Waals surface area (Å²) < 4.78 is 2.10. The second-order valence-electron chi connectivity index (χ2n) is 6.35. The van der Waals surface area contributed by atoms with Crippen LogP contribution < -0.4 is 5.32 Å². The van der Waals surface area contributed by atoms with E-state index in [2.05, 4.69) is 55.6 Å². The number of hydrogen-bond acceptors (Lipinski definition) is 4. The Morgan fingerprint density at radius 1 is 1.36 bits per heavy atom. The normalized spacial score (nSPS) is 17.9. The van der Waals surface area contributed by atoms with Gasteiger partial charge in [0.15, 0.2) is 5.96 Å². The highest BCUT2D eigenvalue weighted by atomic mass is 127. The number of hydrogen-bond donors (Lipinski definition) is 1. The lowest BCUT2D eigenvalue weighted by molar-refractivity contribution is 0.255. The van der Waals surface area contributed by atoms with Gasteiger partial charge in [0.2, 0.25) is 0 Å². The second kappa shape index (κ2) is 11.7. The van der Waals surface area contributed by atoms with Crippen LogP contribution in [0.4, 0.5) is 0 Å². The van der Waals surface area contributed by atoms with Gasteiger partial charge in [-0.15, -0.1) is 34.2 Å². The van der Waals surface area contributed by atoms with Gasteiger partial charge in [0.25, 0.3) is 0 Å². The molecule has 144 valence electrons. The smallest absolute Gasteiger partial charge is 0.193 e. The Morgan fingerprint density at radius 3 is 2.76 bits per heavy atom. The molecule has 25 heavy (non-hydrogen) atoms. The summed E-state index contributed by atoms with van der Waals surface area (Å²) in [6, 6.07) is 0. The van der Waals surface area contributed by atoms with Crippen LogP contribution >= 0.6 is 24.0 Å². The fourth-order valence-corrected chi connectivity index (χ4v) is 3.38. The summed E-state index contributed by atoms with van der Waals surface area (Å²) in [6.07, 6.45) is 3.97. The fourth-order valence-electron chi connectivity index (χ4n) is 3.38. The van der Waals surface area contributed by atoms with Gasteiger partial charge in [-0.05, 0) is 25.4 Å². The molecule has 1 unspecified atom stereocenters. The zero-order valence-electron chi connectivity index (χ0n) is 16.1. The molecule has 0 amide bonds. The van der Waals surface area contributed by atoms with Crippen LogP contribution in [-0.4, -0.2) is 76.8 Å². The quantitative estimate of drug-likeness (QED) is 0.361. The Hall–Kier alpha value is -0.900. The van der Waals surface area contributed by atoms with Crippen LogP contribution in [0.15, 0.2) is 11.3 Å². The van der Waals surface area contributed by atoms with E-state index < -0.39 is 0 Å². The first-order chi connectivity index (χ1) is 11.7. The van der Waals surface area contributed by atoms with Gasteiger partial charge in [-0.25, -0.2) is 0 Å². The summed E-state index contributed by atoms with van der Waals surface area (Å²) in [5.41, 5.74) is 0. The van der Waals surface area contributed by atoms with Crippen LogP contribution in [0, 0.1) is 5.92 Å². The monoisotopic (exact) mass is 463 g/mol. The van der Waals surface area contributed by atoms with E-state index in [0.29, 0.717) is 0 Å². The van der Waals surface area contributed by atoms with E-state index in [1.165, 1.54) is 13.0 Å². The molecule has 1 aliphatic heterocycles. The Labute approximate surface area is 169 Å². The highest BCUT2D eigenvalue weighted by Gasteiger charge is 2.25. The largest absolute Gasteiger partial charge is 0.354 e. The van der Waals surface area contributed by atoms with E-state index >= 15 is 0 Å². The average Bonchev–Trinajstić information content (AvgIpc) is 3.25. The topological polar surface area (TPSA) is 61.6 Å². The first-order valence-electron chi connectivity index (χ1n) is 9.26. The minimum absolute atomic E-state index is 0. The molecule has 1 aliphatic rings. The molecule has 1 aromatic heterocycles. The first kappa shape index (κ1) is 22.1. The molecule has 1 aromatic rings. The SMILES string of the molecule is CCc1nncn1CCNC(=NC)N1CCC(CN(CC)CC)C1.I. The molecule has 0 radical (unpaired) electrons. The van der Waals surface area contributed by atoms with E-state index in [1.807, 2.05) is 7.05 Å². The molecule has 1 atom stereocenters. The minimum Gasteiger partial charge on any atom is -0.354 e. The van der Waals surface area contributed by atoms with Crippen molar-refractivity contribution in [1.82, 2.24) is 29.9 Å². The third-order valence-corrected chi connectivity index (χ3v) is 4.86. The van der Waals surface area contributed by atoms with Gasteiger partial charge in [0, 0.05) is 46.2 Å². The Bertz CT molecular complexity index is 513.